The Kier molecular flexibility index (Phi) is 24.2. The summed E-state index contributed by atoms with van der Waals surface area (Å²) in [6, 6.07) is 0. The summed E-state index contributed by atoms with van der Waals surface area (Å²) < 4.78 is 312. The third-order valence-electron chi connectivity index (χ3n) is 5.82. The van der Waals surface area contributed by atoms with Gasteiger partial charge in [-0.15, -0.1) is 0 Å². The van der Waals surface area contributed by atoms with Crippen molar-refractivity contribution in [2.45, 2.75) is 123 Å². The van der Waals surface area contributed by atoms with Crippen LogP contribution in [0, 0.1) is 0 Å². The van der Waals surface area contributed by atoms with Crippen molar-refractivity contribution in [3.05, 3.63) is 0 Å². The zero-order valence-electron chi connectivity index (χ0n) is 25.1. The van der Waals surface area contributed by atoms with Gasteiger partial charge in [0.05, 0.1) is 0 Å². The van der Waals surface area contributed by atoms with E-state index in [1.807, 2.05) is 0 Å². The van der Waals surface area contributed by atoms with Crippen molar-refractivity contribution in [1.29, 1.82) is 0 Å². The maximum absolute atomic E-state index is 13.2. The molecule has 2 atom stereocenters. The molecule has 0 N–H and O–H groups in total. The molecular weight excluding hydrogens is 859 g/mol. The third-order valence-corrected chi connectivity index (χ3v) is 7.59. The van der Waals surface area contributed by atoms with Crippen LogP contribution in [0.3, 0.4) is 0 Å². The average molecular weight is 881 g/mol. The fourth-order valence-electron chi connectivity index (χ4n) is 3.11. The Morgan fingerprint density at radius 2 is 0.640 bits per heavy atom. The minimum atomic E-state index is -7.23. The summed E-state index contributed by atoms with van der Waals surface area (Å²) in [6.45, 7) is 0. The fourth-order valence-corrected chi connectivity index (χ4v) is 4.01. The Hall–Kier alpha value is 1.69. The van der Waals surface area contributed by atoms with E-state index >= 15 is 0 Å². The van der Waals surface area contributed by atoms with Gasteiger partial charge in [-0.05, 0) is 25.7 Å². The molecule has 30 heteroatoms. The molecule has 0 spiro atoms. The molecule has 0 aliphatic rings. The first kappa shape index (κ1) is 58.4. The monoisotopic (exact) mass is 880 g/mol. The first-order chi connectivity index (χ1) is 20.8. The molecule has 0 bridgehead atoms. The number of unbranched alkanes of at least 4 members (excludes halogenated alkanes) is 4. The van der Waals surface area contributed by atoms with Gasteiger partial charge in [-0.25, -0.2) is 25.6 Å². The summed E-state index contributed by atoms with van der Waals surface area (Å²) in [5, 5.41) is -13.5. The predicted octanol–water partition coefficient (Wildman–Crippen LogP) is 2.50. The van der Waals surface area contributed by atoms with Gasteiger partial charge in [0.25, 0.3) is 0 Å². The molecule has 0 radical (unpaired) electrons. The van der Waals surface area contributed by atoms with Crippen molar-refractivity contribution < 1.29 is 217 Å². The third kappa shape index (κ3) is 16.0. The van der Waals surface area contributed by atoms with E-state index in [1.165, 1.54) is 0 Å². The van der Waals surface area contributed by atoms with E-state index in [0.29, 0.717) is 0 Å². The summed E-state index contributed by atoms with van der Waals surface area (Å²) in [7, 11) is -14.5. The van der Waals surface area contributed by atoms with Gasteiger partial charge in [0.1, 0.15) is 0 Å². The number of rotatable bonds is 18. The van der Waals surface area contributed by atoms with Gasteiger partial charge < -0.3 is 9.11 Å². The fraction of sp³-hybridized carbons (Fsp3) is 1.00. The molecule has 0 heterocycles. The SMILES string of the molecule is O=S(=O)([O-])C(F)(F)C(F)(F)C(F)(F)C(F)CCCCCC(F)(F)F.O=S(=O)([O-])C(F)(F)C(F)(F)C(F)(F)C(F)CCCCCC(F)(F)F.[K+].[K+]. The molecule has 0 aromatic carbocycles. The van der Waals surface area contributed by atoms with Crippen LogP contribution in [0.15, 0.2) is 0 Å². The molecule has 0 aliphatic heterocycles. The average Bonchev–Trinajstić information content (AvgIpc) is 2.85. The topological polar surface area (TPSA) is 114 Å². The second kappa shape index (κ2) is 20.7. The van der Waals surface area contributed by atoms with Crippen LogP contribution in [-0.4, -0.2) is 84.8 Å². The van der Waals surface area contributed by atoms with Gasteiger partial charge in [-0.2, -0.15) is 79.0 Å². The van der Waals surface area contributed by atoms with Gasteiger partial charge in [-0.3, -0.25) is 0 Å². The molecular formula is C20H22F20K2O6S2. The van der Waals surface area contributed by atoms with Crippen LogP contribution in [0.5, 0.6) is 0 Å². The standard InChI is InChI=1S/2C10H12F10O3S.2K/c2*11-6(4-2-1-3-5-7(12,13)14)8(15,16)9(17,18)10(19,20)24(21,22)23;;/h2*6H,1-5H2,(H,21,22,23);;/q;;2*+1/p-2. The molecule has 2 unspecified atom stereocenters. The molecule has 0 amide bonds. The van der Waals surface area contributed by atoms with Gasteiger partial charge in [-0.1, -0.05) is 25.7 Å². The van der Waals surface area contributed by atoms with E-state index in [2.05, 4.69) is 0 Å². The number of hydrogen-bond acceptors (Lipinski definition) is 6. The van der Waals surface area contributed by atoms with Crippen LogP contribution in [0.2, 0.25) is 0 Å². The maximum Gasteiger partial charge on any atom is 1.00 e. The van der Waals surface area contributed by atoms with Gasteiger partial charge in [0.2, 0.25) is 0 Å². The molecule has 0 saturated carbocycles. The molecule has 292 valence electrons. The first-order valence-electron chi connectivity index (χ1n) is 12.3. The summed E-state index contributed by atoms with van der Waals surface area (Å²) >= 11 is 0. The first-order valence-corrected chi connectivity index (χ1v) is 15.2. The molecule has 0 rings (SSSR count). The summed E-state index contributed by atoms with van der Waals surface area (Å²) in [4.78, 5) is 0. The second-order valence-corrected chi connectivity index (χ2v) is 12.5. The Morgan fingerprint density at radius 1 is 0.420 bits per heavy atom. The smallest absolute Gasteiger partial charge is 0.743 e. The molecule has 0 aliphatic carbocycles. The minimum absolute atomic E-state index is 0. The van der Waals surface area contributed by atoms with Crippen molar-refractivity contribution in [3.63, 3.8) is 0 Å². The number of hydrogen-bond donors (Lipinski definition) is 0. The van der Waals surface area contributed by atoms with Crippen LogP contribution in [0.25, 0.3) is 0 Å². The number of halogens is 20. The van der Waals surface area contributed by atoms with Crippen molar-refractivity contribution in [2.75, 3.05) is 0 Å². The van der Waals surface area contributed by atoms with Crippen molar-refractivity contribution in [3.8, 4) is 0 Å². The molecule has 0 aromatic heterocycles. The van der Waals surface area contributed by atoms with E-state index in [4.69, 9.17) is 0 Å². The zero-order chi connectivity index (χ0) is 39.2. The van der Waals surface area contributed by atoms with Gasteiger partial charge in [0.15, 0.2) is 32.6 Å². The van der Waals surface area contributed by atoms with Crippen LogP contribution >= 0.6 is 0 Å². The summed E-state index contributed by atoms with van der Waals surface area (Å²) in [5.41, 5.74) is 0. The van der Waals surface area contributed by atoms with Crippen molar-refractivity contribution in [1.82, 2.24) is 0 Å². The van der Waals surface area contributed by atoms with Crippen LogP contribution < -0.4 is 103 Å². The predicted molar refractivity (Wildman–Crippen MR) is 117 cm³/mol. The van der Waals surface area contributed by atoms with Crippen molar-refractivity contribution >= 4 is 20.2 Å². The molecule has 0 saturated heterocycles. The van der Waals surface area contributed by atoms with Gasteiger partial charge in [0, 0.05) is 12.8 Å². The van der Waals surface area contributed by atoms with Crippen LogP contribution in [0.1, 0.15) is 64.2 Å². The normalized spacial score (nSPS) is 15.6. The quantitative estimate of drug-likeness (QED) is 0.0906. The largest absolute Gasteiger partial charge is 1.00 e. The van der Waals surface area contributed by atoms with Crippen LogP contribution in [-0.2, 0) is 20.2 Å². The molecule has 0 fully saturated rings. The molecule has 0 aromatic rings. The van der Waals surface area contributed by atoms with E-state index in [1.54, 1.807) is 0 Å². The van der Waals surface area contributed by atoms with E-state index < -0.39 is 143 Å². The zero-order valence-corrected chi connectivity index (χ0v) is 32.9. The maximum atomic E-state index is 13.2. The summed E-state index contributed by atoms with van der Waals surface area (Å²) in [5.74, 6) is -26.1. The second-order valence-electron chi connectivity index (χ2n) is 9.70. The van der Waals surface area contributed by atoms with Crippen molar-refractivity contribution in [2.24, 2.45) is 0 Å². The minimum Gasteiger partial charge on any atom is -0.743 e. The van der Waals surface area contributed by atoms with E-state index in [9.17, 15) is 114 Å². The molecule has 50 heavy (non-hydrogen) atoms. The summed E-state index contributed by atoms with van der Waals surface area (Å²) in [6.07, 6.45) is -26.7. The number of alkyl halides is 20. The molecule has 6 nitrogen and oxygen atoms in total. The van der Waals surface area contributed by atoms with Crippen LogP contribution in [0.4, 0.5) is 87.8 Å². The Balaban J connectivity index is -0.000000407. The Bertz CT molecular complexity index is 1130. The van der Waals surface area contributed by atoms with E-state index in [0.717, 1.165) is 0 Å². The van der Waals surface area contributed by atoms with E-state index in [-0.39, 0.29) is 103 Å². The van der Waals surface area contributed by atoms with Gasteiger partial charge >= 0.3 is 149 Å². The Morgan fingerprint density at radius 3 is 0.820 bits per heavy atom. The Labute approximate surface area is 355 Å².